The van der Waals surface area contributed by atoms with Crippen molar-refractivity contribution in [2.24, 2.45) is 11.7 Å². The molecule has 6 nitrogen and oxygen atoms in total. The Hall–Kier alpha value is -2.15. The minimum Gasteiger partial charge on any atom is -0.376 e. The number of hydrogen-bond donors (Lipinski definition) is 3. The van der Waals surface area contributed by atoms with Crippen molar-refractivity contribution in [1.29, 1.82) is 0 Å². The van der Waals surface area contributed by atoms with Gasteiger partial charge in [-0.15, -0.1) is 0 Å². The first-order valence-corrected chi connectivity index (χ1v) is 10.1. The van der Waals surface area contributed by atoms with Gasteiger partial charge in [-0.2, -0.15) is 0 Å². The first kappa shape index (κ1) is 19.6. The molecule has 2 aromatic rings. The molecule has 1 heterocycles. The van der Waals surface area contributed by atoms with Gasteiger partial charge in [0.15, 0.2) is 5.11 Å². The number of thiocarbonyl (C=S) groups is 1. The summed E-state index contributed by atoms with van der Waals surface area (Å²) in [6.07, 6.45) is 6.83. The van der Waals surface area contributed by atoms with Crippen molar-refractivity contribution in [3.05, 3.63) is 28.2 Å². The van der Waals surface area contributed by atoms with Crippen LogP contribution in [0.5, 0.6) is 0 Å². The Morgan fingerprint density at radius 1 is 1.37 bits per heavy atom. The minimum absolute atomic E-state index is 0.133. The molecular formula is C20H29N5OS. The van der Waals surface area contributed by atoms with Crippen molar-refractivity contribution in [1.82, 2.24) is 9.97 Å². The van der Waals surface area contributed by atoms with Gasteiger partial charge in [0.1, 0.15) is 5.69 Å². The Labute approximate surface area is 165 Å². The lowest BCUT2D eigenvalue weighted by molar-refractivity contribution is 0.428. The summed E-state index contributed by atoms with van der Waals surface area (Å²) >= 11 is 5.06. The van der Waals surface area contributed by atoms with Gasteiger partial charge in [-0.1, -0.05) is 33.1 Å². The third kappa shape index (κ3) is 4.58. The zero-order chi connectivity index (χ0) is 19.6. The number of aromatic nitrogens is 2. The lowest BCUT2D eigenvalue weighted by Crippen LogP contribution is -2.34. The highest BCUT2D eigenvalue weighted by Gasteiger charge is 2.21. The minimum atomic E-state index is -0.133. The van der Waals surface area contributed by atoms with Gasteiger partial charge in [-0.05, 0) is 49.5 Å². The summed E-state index contributed by atoms with van der Waals surface area (Å²) in [7, 11) is 2.11. The summed E-state index contributed by atoms with van der Waals surface area (Å²) in [5.74, 6) is 0.371. The molecule has 1 saturated carbocycles. The van der Waals surface area contributed by atoms with Gasteiger partial charge in [-0.3, -0.25) is 4.79 Å². The number of nitrogens with two attached hydrogens (primary N) is 1. The summed E-state index contributed by atoms with van der Waals surface area (Å²) < 4.78 is 0. The van der Waals surface area contributed by atoms with Gasteiger partial charge < -0.3 is 20.9 Å². The molecule has 146 valence electrons. The number of fused-ring (bicyclic) bond motifs is 1. The van der Waals surface area contributed by atoms with E-state index in [0.717, 1.165) is 16.9 Å². The Morgan fingerprint density at radius 2 is 2.07 bits per heavy atom. The lowest BCUT2D eigenvalue weighted by atomic mass is 9.94. The highest BCUT2D eigenvalue weighted by atomic mass is 32.1. The third-order valence-corrected chi connectivity index (χ3v) is 5.34. The molecule has 7 heteroatoms. The fraction of sp³-hybridized carbons (Fsp3) is 0.550. The number of benzene rings is 1. The second-order valence-corrected chi connectivity index (χ2v) is 8.33. The second-order valence-electron chi connectivity index (χ2n) is 7.89. The molecule has 0 aliphatic heterocycles. The number of aromatic amines is 1. The standard InChI is InChI=1S/C20H29N5OS/c1-12(2)9-17-19(26)23-14-10-16(24-20(21)27)18(11-15(14)22-17)25(3)13-7-5-4-6-8-13/h10-13H,4-9H2,1-3H3,(H,23,26)(H3,21,24,27). The number of hydrogen-bond acceptors (Lipinski definition) is 4. The predicted octanol–water partition coefficient (Wildman–Crippen LogP) is 3.55. The molecule has 3 rings (SSSR count). The number of anilines is 2. The predicted molar refractivity (Wildman–Crippen MR) is 117 cm³/mol. The van der Waals surface area contributed by atoms with E-state index in [1.165, 1.54) is 32.1 Å². The fourth-order valence-electron chi connectivity index (χ4n) is 3.88. The van der Waals surface area contributed by atoms with Crippen molar-refractivity contribution < 1.29 is 0 Å². The number of nitrogens with one attached hydrogen (secondary N) is 2. The van der Waals surface area contributed by atoms with Crippen LogP contribution in [-0.4, -0.2) is 28.2 Å². The molecule has 1 aromatic carbocycles. The maximum atomic E-state index is 12.4. The van der Waals surface area contributed by atoms with E-state index in [0.29, 0.717) is 29.6 Å². The van der Waals surface area contributed by atoms with Crippen LogP contribution < -0.4 is 21.5 Å². The van der Waals surface area contributed by atoms with Crippen LogP contribution >= 0.6 is 12.2 Å². The maximum absolute atomic E-state index is 12.4. The smallest absolute Gasteiger partial charge is 0.270 e. The Morgan fingerprint density at radius 3 is 2.70 bits per heavy atom. The van der Waals surface area contributed by atoms with Crippen molar-refractivity contribution in [3.8, 4) is 0 Å². The molecule has 1 fully saturated rings. The topological polar surface area (TPSA) is 87.0 Å². The van der Waals surface area contributed by atoms with Crippen LogP contribution in [0.2, 0.25) is 0 Å². The van der Waals surface area contributed by atoms with Crippen LogP contribution in [0.3, 0.4) is 0 Å². The van der Waals surface area contributed by atoms with E-state index < -0.39 is 0 Å². The molecule has 0 bridgehead atoms. The molecule has 0 unspecified atom stereocenters. The molecule has 4 N–H and O–H groups in total. The maximum Gasteiger partial charge on any atom is 0.270 e. The zero-order valence-electron chi connectivity index (χ0n) is 16.3. The van der Waals surface area contributed by atoms with E-state index in [2.05, 4.69) is 41.1 Å². The molecule has 27 heavy (non-hydrogen) atoms. The molecular weight excluding hydrogens is 358 g/mol. The van der Waals surface area contributed by atoms with Gasteiger partial charge in [0.2, 0.25) is 0 Å². The zero-order valence-corrected chi connectivity index (χ0v) is 17.2. The quantitative estimate of drug-likeness (QED) is 0.680. The molecule has 1 aromatic heterocycles. The highest BCUT2D eigenvalue weighted by molar-refractivity contribution is 7.80. The second kappa shape index (κ2) is 8.25. The van der Waals surface area contributed by atoms with Gasteiger partial charge >= 0.3 is 0 Å². The lowest BCUT2D eigenvalue weighted by Gasteiger charge is -2.34. The number of rotatable bonds is 5. The van der Waals surface area contributed by atoms with Crippen LogP contribution in [0, 0.1) is 5.92 Å². The molecule has 1 aliphatic carbocycles. The number of H-pyrrole nitrogens is 1. The van der Waals surface area contributed by atoms with E-state index in [9.17, 15) is 4.79 Å². The fourth-order valence-corrected chi connectivity index (χ4v) is 3.99. The van der Waals surface area contributed by atoms with E-state index in [-0.39, 0.29) is 10.7 Å². The van der Waals surface area contributed by atoms with Crippen LogP contribution in [-0.2, 0) is 6.42 Å². The van der Waals surface area contributed by atoms with Crippen LogP contribution in [0.15, 0.2) is 16.9 Å². The van der Waals surface area contributed by atoms with Crippen molar-refractivity contribution >= 4 is 39.7 Å². The Balaban J connectivity index is 2.08. The first-order chi connectivity index (χ1) is 12.8. The molecule has 0 saturated heterocycles. The van der Waals surface area contributed by atoms with Crippen LogP contribution in [0.1, 0.15) is 51.6 Å². The summed E-state index contributed by atoms with van der Waals surface area (Å²) in [6.45, 7) is 4.17. The van der Waals surface area contributed by atoms with Gasteiger partial charge in [-0.25, -0.2) is 4.98 Å². The average molecular weight is 388 g/mol. The summed E-state index contributed by atoms with van der Waals surface area (Å²) in [4.78, 5) is 22.3. The first-order valence-electron chi connectivity index (χ1n) is 9.71. The van der Waals surface area contributed by atoms with E-state index in [1.54, 1.807) is 0 Å². The van der Waals surface area contributed by atoms with Gasteiger partial charge in [0, 0.05) is 13.1 Å². The Kier molecular flexibility index (Phi) is 5.99. The molecule has 0 spiro atoms. The van der Waals surface area contributed by atoms with Crippen molar-refractivity contribution in [2.75, 3.05) is 17.3 Å². The average Bonchev–Trinajstić information content (AvgIpc) is 2.61. The van der Waals surface area contributed by atoms with Gasteiger partial charge in [0.05, 0.1) is 22.4 Å². The van der Waals surface area contributed by atoms with Crippen molar-refractivity contribution in [2.45, 2.75) is 58.4 Å². The van der Waals surface area contributed by atoms with E-state index >= 15 is 0 Å². The summed E-state index contributed by atoms with van der Waals surface area (Å²) in [5.41, 5.74) is 9.48. The van der Waals surface area contributed by atoms with Crippen LogP contribution in [0.4, 0.5) is 11.4 Å². The Bertz CT molecular complexity index is 886. The monoisotopic (exact) mass is 387 g/mol. The normalized spacial score (nSPS) is 15.3. The molecule has 0 atom stereocenters. The SMILES string of the molecule is CC(C)Cc1nc2cc(N(C)C3CCCCC3)c(NC(N)=S)cc2[nH]c1=O. The van der Waals surface area contributed by atoms with Crippen molar-refractivity contribution in [3.63, 3.8) is 0 Å². The molecule has 1 aliphatic rings. The van der Waals surface area contributed by atoms with Gasteiger partial charge in [0.25, 0.3) is 5.56 Å². The summed E-state index contributed by atoms with van der Waals surface area (Å²) in [6, 6.07) is 4.40. The largest absolute Gasteiger partial charge is 0.376 e. The van der Waals surface area contributed by atoms with E-state index in [4.69, 9.17) is 18.0 Å². The van der Waals surface area contributed by atoms with Crippen LogP contribution in [0.25, 0.3) is 11.0 Å². The summed E-state index contributed by atoms with van der Waals surface area (Å²) in [5, 5.41) is 3.28. The van der Waals surface area contributed by atoms with E-state index in [1.807, 2.05) is 12.1 Å². The highest BCUT2D eigenvalue weighted by Crippen LogP contribution is 2.33. The number of nitrogens with zero attached hydrogens (tertiary/aromatic N) is 2. The molecule has 0 radical (unpaired) electrons. The molecule has 0 amide bonds. The third-order valence-electron chi connectivity index (χ3n) is 5.24.